The average molecular weight is 251 g/mol. The molecule has 0 saturated heterocycles. The lowest BCUT2D eigenvalue weighted by Gasteiger charge is -2.17. The van der Waals surface area contributed by atoms with Gasteiger partial charge in [-0.1, -0.05) is 12.1 Å². The summed E-state index contributed by atoms with van der Waals surface area (Å²) in [5.74, 6) is -0.430. The number of rotatable bonds is 5. The van der Waals surface area contributed by atoms with Gasteiger partial charge in [0, 0.05) is 20.4 Å². The first kappa shape index (κ1) is 14.0. The topological polar surface area (TPSA) is 90.5 Å². The van der Waals surface area contributed by atoms with E-state index >= 15 is 0 Å². The number of benzene rings is 1. The minimum atomic E-state index is -0.653. The molecule has 6 heteroatoms. The second-order valence-electron chi connectivity index (χ2n) is 3.86. The summed E-state index contributed by atoms with van der Waals surface area (Å²) >= 11 is 0. The molecule has 0 fully saturated rings. The third-order valence-corrected chi connectivity index (χ3v) is 2.32. The van der Waals surface area contributed by atoms with Crippen LogP contribution in [0.1, 0.15) is 12.5 Å². The lowest BCUT2D eigenvalue weighted by molar-refractivity contribution is -0.128. The highest BCUT2D eigenvalue weighted by Gasteiger charge is 2.19. The number of carbonyl (C=O) groups excluding carboxylic acids is 2. The molecule has 0 aliphatic carbocycles. The molecule has 0 aliphatic heterocycles. The Morgan fingerprint density at radius 3 is 2.39 bits per heavy atom. The lowest BCUT2D eigenvalue weighted by atomic mass is 10.1. The number of hydrogen-bond acceptors (Lipinski definition) is 4. The largest absolute Gasteiger partial charge is 0.508 e. The van der Waals surface area contributed by atoms with Gasteiger partial charge in [-0.2, -0.15) is 0 Å². The van der Waals surface area contributed by atoms with E-state index in [4.69, 9.17) is 0 Å². The third-order valence-electron chi connectivity index (χ3n) is 2.32. The second-order valence-corrected chi connectivity index (χ2v) is 3.86. The van der Waals surface area contributed by atoms with Crippen LogP contribution in [0.4, 0.5) is 0 Å². The molecular formula is C12H17N3O3. The van der Waals surface area contributed by atoms with Gasteiger partial charge in [-0.15, -0.1) is 0 Å². The Balaban J connectivity index is 2.74. The maximum absolute atomic E-state index is 11.7. The normalized spacial score (nSPS) is 11.7. The van der Waals surface area contributed by atoms with Gasteiger partial charge in [0.25, 0.3) is 5.91 Å². The molecule has 0 saturated carbocycles. The smallest absolute Gasteiger partial charge is 0.256 e. The van der Waals surface area contributed by atoms with Crippen LogP contribution in [0.5, 0.6) is 5.75 Å². The number of hydrazine groups is 1. The van der Waals surface area contributed by atoms with Gasteiger partial charge in [-0.05, 0) is 17.7 Å². The van der Waals surface area contributed by atoms with Crippen molar-refractivity contribution in [3.63, 3.8) is 0 Å². The molecule has 18 heavy (non-hydrogen) atoms. The number of nitrogens with one attached hydrogen (secondary N) is 3. The van der Waals surface area contributed by atoms with E-state index in [9.17, 15) is 14.7 Å². The first-order valence-corrected chi connectivity index (χ1v) is 5.54. The van der Waals surface area contributed by atoms with Crippen molar-refractivity contribution in [1.29, 1.82) is 0 Å². The van der Waals surface area contributed by atoms with E-state index in [0.29, 0.717) is 6.42 Å². The fourth-order valence-electron chi connectivity index (χ4n) is 1.53. The quantitative estimate of drug-likeness (QED) is 0.540. The van der Waals surface area contributed by atoms with Crippen molar-refractivity contribution in [2.75, 3.05) is 7.05 Å². The molecular weight excluding hydrogens is 234 g/mol. The minimum absolute atomic E-state index is 0.162. The van der Waals surface area contributed by atoms with Gasteiger partial charge in [-0.25, -0.2) is 5.43 Å². The fraction of sp³-hybridized carbons (Fsp3) is 0.333. The van der Waals surface area contributed by atoms with Crippen molar-refractivity contribution in [3.8, 4) is 5.75 Å². The summed E-state index contributed by atoms with van der Waals surface area (Å²) in [4.78, 5) is 22.8. The molecule has 0 unspecified atom stereocenters. The molecule has 0 spiro atoms. The predicted molar refractivity (Wildman–Crippen MR) is 66.6 cm³/mol. The first-order valence-electron chi connectivity index (χ1n) is 5.54. The van der Waals surface area contributed by atoms with Crippen LogP contribution in [0.15, 0.2) is 24.3 Å². The van der Waals surface area contributed by atoms with E-state index in [-0.39, 0.29) is 17.6 Å². The molecule has 4 N–H and O–H groups in total. The Morgan fingerprint density at radius 1 is 1.28 bits per heavy atom. The zero-order valence-corrected chi connectivity index (χ0v) is 10.4. The average Bonchev–Trinajstić information content (AvgIpc) is 2.31. The highest BCUT2D eigenvalue weighted by Crippen LogP contribution is 2.11. The maximum atomic E-state index is 11.7. The van der Waals surface area contributed by atoms with Crippen molar-refractivity contribution in [2.45, 2.75) is 19.4 Å². The van der Waals surface area contributed by atoms with Gasteiger partial charge in [-0.3, -0.25) is 15.0 Å². The predicted octanol–water partition coefficient (Wildman–Crippen LogP) is -0.310. The summed E-state index contributed by atoms with van der Waals surface area (Å²) in [5.41, 5.74) is 5.80. The third kappa shape index (κ3) is 4.42. The van der Waals surface area contributed by atoms with Crippen LogP contribution in [0.3, 0.4) is 0 Å². The monoisotopic (exact) mass is 251 g/mol. The number of hydrogen-bond donors (Lipinski definition) is 4. The molecule has 1 atom stereocenters. The molecule has 6 nitrogen and oxygen atoms in total. The molecule has 1 aromatic rings. The van der Waals surface area contributed by atoms with Crippen molar-refractivity contribution in [1.82, 2.24) is 16.2 Å². The van der Waals surface area contributed by atoms with Gasteiger partial charge in [0.2, 0.25) is 5.91 Å². The Morgan fingerprint density at radius 2 is 1.89 bits per heavy atom. The van der Waals surface area contributed by atoms with Gasteiger partial charge >= 0.3 is 0 Å². The molecule has 98 valence electrons. The number of phenols is 1. The molecule has 0 aromatic heterocycles. The number of carbonyl (C=O) groups is 2. The SMILES string of the molecule is CNNC(=O)[C@@H](Cc1ccc(O)cc1)NC(C)=O. The Bertz CT molecular complexity index is 417. The van der Waals surface area contributed by atoms with Crippen molar-refractivity contribution in [2.24, 2.45) is 0 Å². The molecule has 0 aliphatic rings. The highest BCUT2D eigenvalue weighted by molar-refractivity contribution is 5.86. The van der Waals surface area contributed by atoms with Crippen LogP contribution in [0.2, 0.25) is 0 Å². The summed E-state index contributed by atoms with van der Waals surface area (Å²) in [6.07, 6.45) is 0.355. The van der Waals surface area contributed by atoms with Gasteiger partial charge < -0.3 is 10.4 Å². The van der Waals surface area contributed by atoms with Crippen molar-refractivity contribution >= 4 is 11.8 Å². The van der Waals surface area contributed by atoms with E-state index in [1.54, 1.807) is 19.2 Å². The van der Waals surface area contributed by atoms with Gasteiger partial charge in [0.15, 0.2) is 0 Å². The van der Waals surface area contributed by atoms with Crippen LogP contribution in [0, 0.1) is 0 Å². The molecule has 2 amide bonds. The number of phenolic OH excluding ortho intramolecular Hbond substituents is 1. The van der Waals surface area contributed by atoms with E-state index < -0.39 is 6.04 Å². The number of aromatic hydroxyl groups is 1. The highest BCUT2D eigenvalue weighted by atomic mass is 16.3. The Kier molecular flexibility index (Phi) is 5.13. The van der Waals surface area contributed by atoms with Crippen LogP contribution in [0.25, 0.3) is 0 Å². The maximum Gasteiger partial charge on any atom is 0.256 e. The zero-order valence-electron chi connectivity index (χ0n) is 10.4. The summed E-state index contributed by atoms with van der Waals surface area (Å²) in [7, 11) is 1.57. The van der Waals surface area contributed by atoms with Crippen molar-refractivity contribution < 1.29 is 14.7 Å². The fourth-order valence-corrected chi connectivity index (χ4v) is 1.53. The molecule has 1 aromatic carbocycles. The minimum Gasteiger partial charge on any atom is -0.508 e. The van der Waals surface area contributed by atoms with Crippen LogP contribution >= 0.6 is 0 Å². The summed E-state index contributed by atoms with van der Waals surface area (Å²) in [6, 6.07) is 5.83. The van der Waals surface area contributed by atoms with Crippen LogP contribution in [-0.4, -0.2) is 30.0 Å². The van der Waals surface area contributed by atoms with E-state index in [1.165, 1.54) is 19.1 Å². The van der Waals surface area contributed by atoms with Crippen LogP contribution in [-0.2, 0) is 16.0 Å². The summed E-state index contributed by atoms with van der Waals surface area (Å²) < 4.78 is 0. The zero-order chi connectivity index (χ0) is 13.5. The first-order chi connectivity index (χ1) is 8.52. The molecule has 0 radical (unpaired) electrons. The van der Waals surface area contributed by atoms with E-state index in [2.05, 4.69) is 16.2 Å². The Hall–Kier alpha value is -2.08. The van der Waals surface area contributed by atoms with Gasteiger partial charge in [0.05, 0.1) is 0 Å². The standard InChI is InChI=1S/C12H17N3O3/c1-8(16)14-11(12(18)15-13-2)7-9-3-5-10(17)6-4-9/h3-6,11,13,17H,7H2,1-2H3,(H,14,16)(H,15,18)/t11-/m1/s1. The van der Waals surface area contributed by atoms with E-state index in [0.717, 1.165) is 5.56 Å². The summed E-state index contributed by atoms with van der Waals surface area (Å²) in [5, 5.41) is 11.7. The summed E-state index contributed by atoms with van der Waals surface area (Å²) in [6.45, 7) is 1.36. The van der Waals surface area contributed by atoms with E-state index in [1.807, 2.05) is 0 Å². The molecule has 1 rings (SSSR count). The second kappa shape index (κ2) is 6.61. The van der Waals surface area contributed by atoms with Crippen LogP contribution < -0.4 is 16.2 Å². The molecule has 0 bridgehead atoms. The number of amides is 2. The lowest BCUT2D eigenvalue weighted by Crippen LogP contribution is -2.50. The Labute approximate surface area is 105 Å². The van der Waals surface area contributed by atoms with Crippen molar-refractivity contribution in [3.05, 3.63) is 29.8 Å². The molecule has 0 heterocycles. The van der Waals surface area contributed by atoms with Gasteiger partial charge in [0.1, 0.15) is 11.8 Å².